The van der Waals surface area contributed by atoms with Crippen LogP contribution in [-0.4, -0.2) is 53.2 Å². The first-order chi connectivity index (χ1) is 14.6. The molecule has 0 unspecified atom stereocenters. The molecule has 0 radical (unpaired) electrons. The number of hydrogen-bond donors (Lipinski definition) is 1. The van der Waals surface area contributed by atoms with Gasteiger partial charge in [0, 0.05) is 43.8 Å². The van der Waals surface area contributed by atoms with Crippen LogP contribution in [0.2, 0.25) is 0 Å². The number of likely N-dealkylation sites (tertiary alicyclic amines) is 1. The Morgan fingerprint density at radius 3 is 2.50 bits per heavy atom. The largest absolute Gasteiger partial charge is 0.322 e. The standard InChI is InChI=1S/C23H26N4O2S/c1-26-13-11-20(12-14-26)24-25-22(29)18-7-9-19(10-8-18)23-27(21(28)16-30-23)15-17-5-3-2-4-6-17/h2-10,23H,11-16H2,1H3,(H,25,29)/t23-/m0/s1. The van der Waals surface area contributed by atoms with E-state index in [1.807, 2.05) is 59.5 Å². The Bertz CT molecular complexity index is 920. The molecule has 0 aromatic heterocycles. The van der Waals surface area contributed by atoms with Crippen molar-refractivity contribution >= 4 is 29.3 Å². The SMILES string of the molecule is CN1CCC(=NNC(=O)c2ccc([C@@H]3SCC(=O)N3Cc3ccccc3)cc2)CC1. The van der Waals surface area contributed by atoms with Crippen molar-refractivity contribution in [3.05, 3.63) is 71.3 Å². The van der Waals surface area contributed by atoms with E-state index in [4.69, 9.17) is 0 Å². The van der Waals surface area contributed by atoms with Gasteiger partial charge < -0.3 is 9.80 Å². The van der Waals surface area contributed by atoms with Crippen molar-refractivity contribution in [3.63, 3.8) is 0 Å². The molecule has 2 heterocycles. The smallest absolute Gasteiger partial charge is 0.271 e. The third-order valence-corrected chi connectivity index (χ3v) is 6.76. The number of carbonyl (C=O) groups excluding carboxylic acids is 2. The molecule has 30 heavy (non-hydrogen) atoms. The molecule has 156 valence electrons. The second-order valence-corrected chi connectivity index (χ2v) is 8.78. The lowest BCUT2D eigenvalue weighted by molar-refractivity contribution is -0.128. The fourth-order valence-electron chi connectivity index (χ4n) is 3.66. The maximum Gasteiger partial charge on any atom is 0.271 e. The third-order valence-electron chi connectivity index (χ3n) is 5.50. The predicted molar refractivity (Wildman–Crippen MR) is 120 cm³/mol. The summed E-state index contributed by atoms with van der Waals surface area (Å²) >= 11 is 1.62. The average molecular weight is 423 g/mol. The topological polar surface area (TPSA) is 65.0 Å². The Labute approximate surface area is 181 Å². The normalized spacial score (nSPS) is 19.8. The van der Waals surface area contributed by atoms with E-state index in [1.54, 1.807) is 11.8 Å². The van der Waals surface area contributed by atoms with Crippen LogP contribution in [0.4, 0.5) is 0 Å². The summed E-state index contributed by atoms with van der Waals surface area (Å²) in [5, 5.41) is 4.26. The molecule has 2 saturated heterocycles. The Kier molecular flexibility index (Phi) is 6.50. The average Bonchev–Trinajstić information content (AvgIpc) is 3.14. The summed E-state index contributed by atoms with van der Waals surface area (Å²) in [5.74, 6) is 0.417. The van der Waals surface area contributed by atoms with Crippen LogP contribution < -0.4 is 5.43 Å². The molecule has 0 saturated carbocycles. The van der Waals surface area contributed by atoms with Crippen LogP contribution in [0.25, 0.3) is 0 Å². The van der Waals surface area contributed by atoms with Gasteiger partial charge in [0.1, 0.15) is 5.37 Å². The summed E-state index contributed by atoms with van der Waals surface area (Å²) in [6.07, 6.45) is 1.78. The number of hydrogen-bond acceptors (Lipinski definition) is 5. The van der Waals surface area contributed by atoms with E-state index in [9.17, 15) is 9.59 Å². The Morgan fingerprint density at radius 1 is 1.10 bits per heavy atom. The minimum atomic E-state index is -0.204. The summed E-state index contributed by atoms with van der Waals surface area (Å²) in [6.45, 7) is 2.54. The van der Waals surface area contributed by atoms with Crippen molar-refractivity contribution < 1.29 is 9.59 Å². The van der Waals surface area contributed by atoms with Crippen molar-refractivity contribution in [1.29, 1.82) is 0 Å². The zero-order valence-electron chi connectivity index (χ0n) is 17.1. The van der Waals surface area contributed by atoms with Crippen LogP contribution in [0.3, 0.4) is 0 Å². The number of amides is 2. The minimum Gasteiger partial charge on any atom is -0.322 e. The van der Waals surface area contributed by atoms with Gasteiger partial charge in [-0.05, 0) is 30.3 Å². The third kappa shape index (κ3) is 4.91. The van der Waals surface area contributed by atoms with Gasteiger partial charge in [-0.25, -0.2) is 5.43 Å². The van der Waals surface area contributed by atoms with Crippen LogP contribution in [0, 0.1) is 0 Å². The highest BCUT2D eigenvalue weighted by Gasteiger charge is 2.32. The van der Waals surface area contributed by atoms with E-state index in [0.717, 1.165) is 42.8 Å². The van der Waals surface area contributed by atoms with Gasteiger partial charge in [0.05, 0.1) is 5.75 Å². The number of hydrazone groups is 1. The second-order valence-electron chi connectivity index (χ2n) is 7.71. The Morgan fingerprint density at radius 2 is 1.80 bits per heavy atom. The highest BCUT2D eigenvalue weighted by atomic mass is 32.2. The monoisotopic (exact) mass is 422 g/mol. The van der Waals surface area contributed by atoms with E-state index in [2.05, 4.69) is 22.5 Å². The number of benzene rings is 2. The number of thioether (sulfide) groups is 1. The zero-order valence-corrected chi connectivity index (χ0v) is 17.9. The number of carbonyl (C=O) groups is 2. The molecule has 4 rings (SSSR count). The fraction of sp³-hybridized carbons (Fsp3) is 0.348. The molecule has 0 bridgehead atoms. The molecule has 2 aliphatic heterocycles. The van der Waals surface area contributed by atoms with Gasteiger partial charge in [-0.2, -0.15) is 5.10 Å². The molecular formula is C23H26N4O2S. The van der Waals surface area contributed by atoms with Gasteiger partial charge in [-0.15, -0.1) is 11.8 Å². The van der Waals surface area contributed by atoms with Crippen LogP contribution in [-0.2, 0) is 11.3 Å². The molecule has 2 amide bonds. The second kappa shape index (κ2) is 9.45. The lowest BCUT2D eigenvalue weighted by Crippen LogP contribution is -2.32. The van der Waals surface area contributed by atoms with Gasteiger partial charge in [-0.1, -0.05) is 42.5 Å². The van der Waals surface area contributed by atoms with Crippen molar-refractivity contribution in [1.82, 2.24) is 15.2 Å². The zero-order chi connectivity index (χ0) is 20.9. The molecule has 0 spiro atoms. The molecule has 1 N–H and O–H groups in total. The van der Waals surface area contributed by atoms with E-state index in [1.165, 1.54) is 0 Å². The van der Waals surface area contributed by atoms with Crippen LogP contribution >= 0.6 is 11.8 Å². The van der Waals surface area contributed by atoms with Crippen molar-refractivity contribution in [2.45, 2.75) is 24.8 Å². The maximum atomic E-state index is 12.4. The molecule has 2 fully saturated rings. The van der Waals surface area contributed by atoms with Crippen molar-refractivity contribution in [2.24, 2.45) is 5.10 Å². The van der Waals surface area contributed by atoms with Crippen LogP contribution in [0.1, 0.15) is 39.7 Å². The van der Waals surface area contributed by atoms with E-state index in [0.29, 0.717) is 17.9 Å². The number of piperidine rings is 1. The summed E-state index contributed by atoms with van der Waals surface area (Å²) in [6, 6.07) is 17.5. The van der Waals surface area contributed by atoms with Gasteiger partial charge in [0.15, 0.2) is 0 Å². The molecule has 2 aromatic carbocycles. The molecule has 7 heteroatoms. The molecule has 1 atom stereocenters. The molecule has 2 aromatic rings. The van der Waals surface area contributed by atoms with Crippen LogP contribution in [0.15, 0.2) is 59.7 Å². The Balaban J connectivity index is 1.40. The highest BCUT2D eigenvalue weighted by Crippen LogP contribution is 2.39. The Hall–Kier alpha value is -2.64. The lowest BCUT2D eigenvalue weighted by atomic mass is 10.1. The molecular weight excluding hydrogens is 396 g/mol. The highest BCUT2D eigenvalue weighted by molar-refractivity contribution is 8.00. The first-order valence-corrected chi connectivity index (χ1v) is 11.2. The van der Waals surface area contributed by atoms with Crippen molar-refractivity contribution in [2.75, 3.05) is 25.9 Å². The van der Waals surface area contributed by atoms with Gasteiger partial charge >= 0.3 is 0 Å². The number of nitrogens with zero attached hydrogens (tertiary/aromatic N) is 3. The summed E-state index contributed by atoms with van der Waals surface area (Å²) < 4.78 is 0. The fourth-order valence-corrected chi connectivity index (χ4v) is 4.85. The van der Waals surface area contributed by atoms with Gasteiger partial charge in [0.2, 0.25) is 5.91 Å². The maximum absolute atomic E-state index is 12.4. The molecule has 0 aliphatic carbocycles. The van der Waals surface area contributed by atoms with Crippen LogP contribution in [0.5, 0.6) is 0 Å². The van der Waals surface area contributed by atoms with E-state index < -0.39 is 0 Å². The molecule has 2 aliphatic rings. The minimum absolute atomic E-state index is 0.0331. The first kappa shape index (κ1) is 20.6. The quantitative estimate of drug-likeness (QED) is 0.751. The summed E-state index contributed by atoms with van der Waals surface area (Å²) in [5.41, 5.74) is 6.43. The lowest BCUT2D eigenvalue weighted by Gasteiger charge is -2.24. The van der Waals surface area contributed by atoms with Gasteiger partial charge in [-0.3, -0.25) is 9.59 Å². The van der Waals surface area contributed by atoms with Crippen molar-refractivity contribution in [3.8, 4) is 0 Å². The predicted octanol–water partition coefficient (Wildman–Crippen LogP) is 3.27. The number of nitrogens with one attached hydrogen (secondary N) is 1. The van der Waals surface area contributed by atoms with E-state index in [-0.39, 0.29) is 17.2 Å². The summed E-state index contributed by atoms with van der Waals surface area (Å²) in [7, 11) is 2.09. The molecule has 6 nitrogen and oxygen atoms in total. The van der Waals surface area contributed by atoms with E-state index >= 15 is 0 Å². The van der Waals surface area contributed by atoms with Gasteiger partial charge in [0.25, 0.3) is 5.91 Å². The first-order valence-electron chi connectivity index (χ1n) is 10.2. The number of rotatable bonds is 5. The summed E-state index contributed by atoms with van der Waals surface area (Å²) in [4.78, 5) is 29.0.